The number of aryl methyl sites for hydroxylation is 1. The quantitative estimate of drug-likeness (QED) is 0.717. The predicted octanol–water partition coefficient (Wildman–Crippen LogP) is 2.01. The maximum absolute atomic E-state index is 5.80. The fourth-order valence-electron chi connectivity index (χ4n) is 2.05. The normalized spacial score (nSPS) is 10.8. The molecular weight excluding hydrogens is 266 g/mol. The summed E-state index contributed by atoms with van der Waals surface area (Å²) in [5.74, 6) is 1.91. The van der Waals surface area contributed by atoms with Gasteiger partial charge in [0.15, 0.2) is 0 Å². The molecule has 0 bridgehead atoms. The van der Waals surface area contributed by atoms with Crippen LogP contribution in [-0.2, 0) is 17.8 Å². The number of rotatable bonds is 9. The van der Waals surface area contributed by atoms with E-state index in [1.54, 1.807) is 7.11 Å². The third kappa shape index (κ3) is 5.21. The number of imidazole rings is 1. The van der Waals surface area contributed by atoms with Gasteiger partial charge in [0.2, 0.25) is 0 Å². The van der Waals surface area contributed by atoms with E-state index in [4.69, 9.17) is 9.47 Å². The Hall–Kier alpha value is -1.85. The SMILES string of the molecule is COCCNCc1cccc(OCCn2ccnc2C)c1. The Bertz CT molecular complexity index is 540. The van der Waals surface area contributed by atoms with E-state index < -0.39 is 0 Å². The second kappa shape index (κ2) is 8.44. The first kappa shape index (κ1) is 15.5. The highest BCUT2D eigenvalue weighted by Crippen LogP contribution is 2.13. The molecule has 0 amide bonds. The summed E-state index contributed by atoms with van der Waals surface area (Å²) in [6.07, 6.45) is 3.77. The zero-order valence-corrected chi connectivity index (χ0v) is 12.7. The topological polar surface area (TPSA) is 48.3 Å². The second-order valence-corrected chi connectivity index (χ2v) is 4.83. The van der Waals surface area contributed by atoms with E-state index in [2.05, 4.69) is 27.0 Å². The van der Waals surface area contributed by atoms with Crippen LogP contribution in [0.4, 0.5) is 0 Å². The van der Waals surface area contributed by atoms with Crippen molar-refractivity contribution >= 4 is 0 Å². The first-order valence-electron chi connectivity index (χ1n) is 7.18. The molecule has 0 saturated carbocycles. The zero-order chi connectivity index (χ0) is 14.9. The van der Waals surface area contributed by atoms with Crippen LogP contribution in [0.5, 0.6) is 5.75 Å². The molecule has 5 heteroatoms. The molecule has 0 aliphatic rings. The Kier molecular flexibility index (Phi) is 6.24. The molecule has 1 N–H and O–H groups in total. The first-order valence-corrected chi connectivity index (χ1v) is 7.18. The number of hydrogen-bond donors (Lipinski definition) is 1. The second-order valence-electron chi connectivity index (χ2n) is 4.83. The van der Waals surface area contributed by atoms with Crippen molar-refractivity contribution in [2.45, 2.75) is 20.0 Å². The molecule has 0 unspecified atom stereocenters. The van der Waals surface area contributed by atoms with Crippen molar-refractivity contribution in [3.63, 3.8) is 0 Å². The van der Waals surface area contributed by atoms with Crippen LogP contribution in [0.1, 0.15) is 11.4 Å². The van der Waals surface area contributed by atoms with E-state index in [-0.39, 0.29) is 0 Å². The molecule has 2 aromatic rings. The molecule has 21 heavy (non-hydrogen) atoms. The number of ether oxygens (including phenoxy) is 2. The molecule has 0 atom stereocenters. The van der Waals surface area contributed by atoms with Gasteiger partial charge in [0.05, 0.1) is 13.2 Å². The van der Waals surface area contributed by atoms with Crippen molar-refractivity contribution < 1.29 is 9.47 Å². The lowest BCUT2D eigenvalue weighted by Crippen LogP contribution is -2.18. The number of benzene rings is 1. The van der Waals surface area contributed by atoms with Gasteiger partial charge < -0.3 is 19.4 Å². The molecule has 0 spiro atoms. The van der Waals surface area contributed by atoms with Crippen LogP contribution in [-0.4, -0.2) is 36.4 Å². The number of methoxy groups -OCH3 is 1. The van der Waals surface area contributed by atoms with Crippen LogP contribution in [0.2, 0.25) is 0 Å². The lowest BCUT2D eigenvalue weighted by atomic mass is 10.2. The van der Waals surface area contributed by atoms with Crippen LogP contribution in [0.15, 0.2) is 36.7 Å². The lowest BCUT2D eigenvalue weighted by molar-refractivity contribution is 0.199. The Morgan fingerprint density at radius 3 is 2.95 bits per heavy atom. The zero-order valence-electron chi connectivity index (χ0n) is 12.7. The molecule has 0 aliphatic heterocycles. The molecule has 1 aromatic carbocycles. The Balaban J connectivity index is 1.76. The predicted molar refractivity (Wildman–Crippen MR) is 82.5 cm³/mol. The molecule has 0 fully saturated rings. The highest BCUT2D eigenvalue weighted by Gasteiger charge is 1.99. The van der Waals surface area contributed by atoms with E-state index in [0.29, 0.717) is 6.61 Å². The molecule has 1 aromatic heterocycles. The van der Waals surface area contributed by atoms with Gasteiger partial charge in [-0.05, 0) is 24.6 Å². The minimum atomic E-state index is 0.637. The minimum absolute atomic E-state index is 0.637. The molecule has 5 nitrogen and oxygen atoms in total. The highest BCUT2D eigenvalue weighted by atomic mass is 16.5. The standard InChI is InChI=1S/C16H23N3O2/c1-14-18-6-8-19(14)9-11-21-16-5-3-4-15(12-16)13-17-7-10-20-2/h3-6,8,12,17H,7,9-11,13H2,1-2H3. The Morgan fingerprint density at radius 2 is 2.19 bits per heavy atom. The van der Waals surface area contributed by atoms with Crippen LogP contribution < -0.4 is 10.1 Å². The summed E-state index contributed by atoms with van der Waals surface area (Å²) in [7, 11) is 1.71. The monoisotopic (exact) mass is 289 g/mol. The van der Waals surface area contributed by atoms with Crippen molar-refractivity contribution in [3.05, 3.63) is 48.0 Å². The maximum Gasteiger partial charge on any atom is 0.119 e. The summed E-state index contributed by atoms with van der Waals surface area (Å²) in [6.45, 7) is 5.83. The largest absolute Gasteiger partial charge is 0.492 e. The van der Waals surface area contributed by atoms with E-state index >= 15 is 0 Å². The third-order valence-electron chi connectivity index (χ3n) is 3.24. The van der Waals surface area contributed by atoms with E-state index in [1.807, 2.05) is 31.5 Å². The number of nitrogens with one attached hydrogen (secondary N) is 1. The number of hydrogen-bond acceptors (Lipinski definition) is 4. The van der Waals surface area contributed by atoms with Gasteiger partial charge in [0.25, 0.3) is 0 Å². The van der Waals surface area contributed by atoms with Crippen molar-refractivity contribution in [1.29, 1.82) is 0 Å². The van der Waals surface area contributed by atoms with E-state index in [9.17, 15) is 0 Å². The smallest absolute Gasteiger partial charge is 0.119 e. The van der Waals surface area contributed by atoms with Crippen molar-refractivity contribution in [1.82, 2.24) is 14.9 Å². The summed E-state index contributed by atoms with van der Waals surface area (Å²) in [5.41, 5.74) is 1.21. The third-order valence-corrected chi connectivity index (χ3v) is 3.24. The molecule has 114 valence electrons. The molecule has 0 aliphatic carbocycles. The maximum atomic E-state index is 5.80. The highest BCUT2D eigenvalue weighted by molar-refractivity contribution is 5.28. The Morgan fingerprint density at radius 1 is 1.29 bits per heavy atom. The van der Waals surface area contributed by atoms with Gasteiger partial charge in [-0.2, -0.15) is 0 Å². The van der Waals surface area contributed by atoms with Crippen LogP contribution >= 0.6 is 0 Å². The summed E-state index contributed by atoms with van der Waals surface area (Å²) in [4.78, 5) is 4.19. The first-order chi connectivity index (χ1) is 10.3. The van der Waals surface area contributed by atoms with Crippen molar-refractivity contribution in [2.75, 3.05) is 26.9 Å². The van der Waals surface area contributed by atoms with Gasteiger partial charge in [-0.1, -0.05) is 12.1 Å². The Labute approximate surface area is 125 Å². The van der Waals surface area contributed by atoms with Gasteiger partial charge in [-0.15, -0.1) is 0 Å². The minimum Gasteiger partial charge on any atom is -0.492 e. The molecule has 0 saturated heterocycles. The van der Waals surface area contributed by atoms with Gasteiger partial charge in [0.1, 0.15) is 18.2 Å². The summed E-state index contributed by atoms with van der Waals surface area (Å²) < 4.78 is 12.9. The van der Waals surface area contributed by atoms with Crippen molar-refractivity contribution in [3.8, 4) is 5.75 Å². The average Bonchev–Trinajstić information content (AvgIpc) is 2.90. The summed E-state index contributed by atoms with van der Waals surface area (Å²) in [6, 6.07) is 8.16. The number of nitrogens with zero attached hydrogens (tertiary/aromatic N) is 2. The summed E-state index contributed by atoms with van der Waals surface area (Å²) in [5, 5.41) is 3.32. The lowest BCUT2D eigenvalue weighted by Gasteiger charge is -2.10. The molecule has 0 radical (unpaired) electrons. The fraction of sp³-hybridized carbons (Fsp3) is 0.438. The van der Waals surface area contributed by atoms with Gasteiger partial charge >= 0.3 is 0 Å². The van der Waals surface area contributed by atoms with E-state index in [0.717, 1.165) is 37.8 Å². The van der Waals surface area contributed by atoms with Gasteiger partial charge in [-0.3, -0.25) is 0 Å². The summed E-state index contributed by atoms with van der Waals surface area (Å²) >= 11 is 0. The van der Waals surface area contributed by atoms with Crippen LogP contribution in [0.3, 0.4) is 0 Å². The van der Waals surface area contributed by atoms with Crippen molar-refractivity contribution in [2.24, 2.45) is 0 Å². The number of aromatic nitrogens is 2. The average molecular weight is 289 g/mol. The molecular formula is C16H23N3O2. The van der Waals surface area contributed by atoms with Crippen LogP contribution in [0, 0.1) is 6.92 Å². The van der Waals surface area contributed by atoms with Gasteiger partial charge in [-0.25, -0.2) is 4.98 Å². The van der Waals surface area contributed by atoms with Crippen LogP contribution in [0.25, 0.3) is 0 Å². The van der Waals surface area contributed by atoms with E-state index in [1.165, 1.54) is 5.56 Å². The molecule has 1 heterocycles. The fourth-order valence-corrected chi connectivity index (χ4v) is 2.05. The molecule has 2 rings (SSSR count). The van der Waals surface area contributed by atoms with Gasteiger partial charge in [0, 0.05) is 32.6 Å².